The molecule has 0 saturated carbocycles. The number of nitrogens with one attached hydrogen (secondary N) is 1. The molecule has 0 atom stereocenters. The summed E-state index contributed by atoms with van der Waals surface area (Å²) in [5.41, 5.74) is 0.581. The molecule has 0 aliphatic heterocycles. The molecular weight excluding hydrogens is 301 g/mol. The summed E-state index contributed by atoms with van der Waals surface area (Å²) in [6.07, 6.45) is 3.22. The van der Waals surface area contributed by atoms with Crippen molar-refractivity contribution in [1.82, 2.24) is 9.78 Å². The summed E-state index contributed by atoms with van der Waals surface area (Å²) in [7, 11) is 1.76. The van der Waals surface area contributed by atoms with Crippen molar-refractivity contribution in [3.8, 4) is 5.75 Å². The SMILES string of the molecule is Cn1cc(NC(=O)c2ccc(COc3ccc(F)cc3)o2)cn1. The second kappa shape index (κ2) is 6.35. The normalized spacial score (nSPS) is 10.5. The first-order chi connectivity index (χ1) is 11.1. The van der Waals surface area contributed by atoms with Crippen molar-refractivity contribution in [3.05, 3.63) is 66.1 Å². The Labute approximate surface area is 131 Å². The summed E-state index contributed by atoms with van der Waals surface area (Å²) in [6.45, 7) is 0.145. The van der Waals surface area contributed by atoms with E-state index in [0.717, 1.165) is 0 Å². The maximum absolute atomic E-state index is 12.8. The zero-order valence-electron chi connectivity index (χ0n) is 12.3. The average Bonchev–Trinajstić information content (AvgIpc) is 3.16. The summed E-state index contributed by atoms with van der Waals surface area (Å²) in [4.78, 5) is 12.0. The van der Waals surface area contributed by atoms with Crippen LogP contribution in [-0.4, -0.2) is 15.7 Å². The van der Waals surface area contributed by atoms with Gasteiger partial charge in [-0.1, -0.05) is 0 Å². The zero-order chi connectivity index (χ0) is 16.2. The topological polar surface area (TPSA) is 69.3 Å². The molecule has 2 heterocycles. The van der Waals surface area contributed by atoms with E-state index in [1.165, 1.54) is 24.3 Å². The smallest absolute Gasteiger partial charge is 0.291 e. The molecule has 0 bridgehead atoms. The van der Waals surface area contributed by atoms with Gasteiger partial charge in [-0.25, -0.2) is 4.39 Å². The highest BCUT2D eigenvalue weighted by Gasteiger charge is 2.12. The van der Waals surface area contributed by atoms with Crippen LogP contribution >= 0.6 is 0 Å². The fourth-order valence-electron chi connectivity index (χ4n) is 1.94. The number of furan rings is 1. The van der Waals surface area contributed by atoms with Crippen molar-refractivity contribution in [3.63, 3.8) is 0 Å². The first kappa shape index (κ1) is 14.8. The Hall–Kier alpha value is -3.09. The van der Waals surface area contributed by atoms with Gasteiger partial charge in [-0.2, -0.15) is 5.10 Å². The Kier molecular flexibility index (Phi) is 4.09. The van der Waals surface area contributed by atoms with Gasteiger partial charge < -0.3 is 14.5 Å². The van der Waals surface area contributed by atoms with Crippen molar-refractivity contribution >= 4 is 11.6 Å². The van der Waals surface area contributed by atoms with E-state index in [1.54, 1.807) is 36.3 Å². The molecule has 3 rings (SSSR count). The maximum Gasteiger partial charge on any atom is 0.291 e. The van der Waals surface area contributed by atoms with Crippen LogP contribution in [0.2, 0.25) is 0 Å². The van der Waals surface area contributed by atoms with Gasteiger partial charge in [-0.3, -0.25) is 9.48 Å². The lowest BCUT2D eigenvalue weighted by molar-refractivity contribution is 0.0992. The van der Waals surface area contributed by atoms with Crippen molar-refractivity contribution < 1.29 is 18.3 Å². The van der Waals surface area contributed by atoms with E-state index in [9.17, 15) is 9.18 Å². The third-order valence-electron chi connectivity index (χ3n) is 3.04. The highest BCUT2D eigenvalue weighted by molar-refractivity contribution is 6.02. The summed E-state index contributed by atoms with van der Waals surface area (Å²) >= 11 is 0. The maximum atomic E-state index is 12.8. The number of anilines is 1. The number of amides is 1. The minimum Gasteiger partial charge on any atom is -0.486 e. The van der Waals surface area contributed by atoms with Crippen LogP contribution in [0.4, 0.5) is 10.1 Å². The van der Waals surface area contributed by atoms with Crippen LogP contribution in [0.15, 0.2) is 53.2 Å². The minimum absolute atomic E-state index is 0.145. The quantitative estimate of drug-likeness (QED) is 0.786. The summed E-state index contributed by atoms with van der Waals surface area (Å²) < 4.78 is 25.3. The van der Waals surface area contributed by atoms with E-state index in [0.29, 0.717) is 17.2 Å². The van der Waals surface area contributed by atoms with Gasteiger partial charge in [0, 0.05) is 13.2 Å². The second-order valence-electron chi connectivity index (χ2n) is 4.87. The van der Waals surface area contributed by atoms with Crippen molar-refractivity contribution in [1.29, 1.82) is 0 Å². The number of rotatable bonds is 5. The summed E-state index contributed by atoms with van der Waals surface area (Å²) in [5.74, 6) is 0.483. The third-order valence-corrected chi connectivity index (χ3v) is 3.04. The highest BCUT2D eigenvalue weighted by Crippen LogP contribution is 2.16. The Morgan fingerprint density at radius 2 is 2.09 bits per heavy atom. The lowest BCUT2D eigenvalue weighted by Gasteiger charge is -2.03. The number of hydrogen-bond donors (Lipinski definition) is 1. The molecule has 2 aromatic heterocycles. The van der Waals surface area contributed by atoms with Crippen LogP contribution in [0.1, 0.15) is 16.3 Å². The molecule has 1 amide bonds. The van der Waals surface area contributed by atoms with Gasteiger partial charge in [-0.15, -0.1) is 0 Å². The first-order valence-corrected chi connectivity index (χ1v) is 6.87. The molecule has 6 nitrogen and oxygen atoms in total. The molecule has 1 aromatic carbocycles. The van der Waals surface area contributed by atoms with Crippen molar-refractivity contribution in [2.75, 3.05) is 5.32 Å². The van der Waals surface area contributed by atoms with Crippen LogP contribution in [-0.2, 0) is 13.7 Å². The number of carbonyl (C=O) groups excluding carboxylic acids is 1. The van der Waals surface area contributed by atoms with Gasteiger partial charge in [0.15, 0.2) is 5.76 Å². The lowest BCUT2D eigenvalue weighted by Crippen LogP contribution is -2.10. The van der Waals surface area contributed by atoms with E-state index in [2.05, 4.69) is 10.4 Å². The lowest BCUT2D eigenvalue weighted by atomic mass is 10.3. The number of hydrogen-bond acceptors (Lipinski definition) is 4. The fourth-order valence-corrected chi connectivity index (χ4v) is 1.94. The molecular formula is C16H14FN3O3. The molecule has 23 heavy (non-hydrogen) atoms. The van der Waals surface area contributed by atoms with Gasteiger partial charge in [0.1, 0.15) is 23.9 Å². The van der Waals surface area contributed by atoms with Crippen molar-refractivity contribution in [2.24, 2.45) is 7.05 Å². The number of ether oxygens (including phenoxy) is 1. The second-order valence-corrected chi connectivity index (χ2v) is 4.87. The summed E-state index contributed by atoms with van der Waals surface area (Å²) in [5, 5.41) is 6.64. The predicted molar refractivity (Wildman–Crippen MR) is 80.6 cm³/mol. The van der Waals surface area contributed by atoms with Gasteiger partial charge in [-0.05, 0) is 36.4 Å². The standard InChI is InChI=1S/C16H14FN3O3/c1-20-9-12(8-18-20)19-16(21)15-7-6-14(23-15)10-22-13-4-2-11(17)3-5-13/h2-9H,10H2,1H3,(H,19,21). The average molecular weight is 315 g/mol. The van der Waals surface area contributed by atoms with Gasteiger partial charge in [0.25, 0.3) is 5.91 Å². The largest absolute Gasteiger partial charge is 0.486 e. The molecule has 0 fully saturated rings. The van der Waals surface area contributed by atoms with Gasteiger partial charge in [0.05, 0.1) is 11.9 Å². The fraction of sp³-hybridized carbons (Fsp3) is 0.125. The molecule has 7 heteroatoms. The molecule has 0 aliphatic carbocycles. The first-order valence-electron chi connectivity index (χ1n) is 6.87. The van der Waals surface area contributed by atoms with E-state index >= 15 is 0 Å². The number of nitrogens with zero attached hydrogens (tertiary/aromatic N) is 2. The minimum atomic E-state index is -0.369. The number of benzene rings is 1. The Bertz CT molecular complexity index is 808. The number of carbonyl (C=O) groups is 1. The molecule has 0 unspecified atom stereocenters. The Morgan fingerprint density at radius 3 is 2.78 bits per heavy atom. The van der Waals surface area contributed by atoms with Gasteiger partial charge in [0.2, 0.25) is 0 Å². The Morgan fingerprint density at radius 1 is 1.30 bits per heavy atom. The Balaban J connectivity index is 1.59. The molecule has 3 aromatic rings. The van der Waals surface area contributed by atoms with E-state index in [-0.39, 0.29) is 24.1 Å². The summed E-state index contributed by atoms with van der Waals surface area (Å²) in [6, 6.07) is 8.88. The predicted octanol–water partition coefficient (Wildman–Crippen LogP) is 2.98. The molecule has 1 N–H and O–H groups in total. The van der Waals surface area contributed by atoms with Crippen LogP contribution in [0, 0.1) is 5.82 Å². The number of aromatic nitrogens is 2. The number of aryl methyl sites for hydroxylation is 1. The van der Waals surface area contributed by atoms with E-state index in [4.69, 9.17) is 9.15 Å². The van der Waals surface area contributed by atoms with Crippen molar-refractivity contribution in [2.45, 2.75) is 6.61 Å². The van der Waals surface area contributed by atoms with Crippen LogP contribution < -0.4 is 10.1 Å². The van der Waals surface area contributed by atoms with Crippen LogP contribution in [0.25, 0.3) is 0 Å². The molecule has 0 aliphatic rings. The monoisotopic (exact) mass is 315 g/mol. The van der Waals surface area contributed by atoms with E-state index in [1.807, 2.05) is 0 Å². The number of halogens is 1. The molecule has 0 spiro atoms. The van der Waals surface area contributed by atoms with Crippen LogP contribution in [0.5, 0.6) is 5.75 Å². The van der Waals surface area contributed by atoms with E-state index < -0.39 is 0 Å². The zero-order valence-corrected chi connectivity index (χ0v) is 12.3. The van der Waals surface area contributed by atoms with Gasteiger partial charge >= 0.3 is 0 Å². The molecule has 0 radical (unpaired) electrons. The van der Waals surface area contributed by atoms with Crippen LogP contribution in [0.3, 0.4) is 0 Å². The third kappa shape index (κ3) is 3.76. The molecule has 118 valence electrons. The highest BCUT2D eigenvalue weighted by atomic mass is 19.1. The molecule has 0 saturated heterocycles.